The van der Waals surface area contributed by atoms with Crippen molar-refractivity contribution in [3.63, 3.8) is 0 Å². The van der Waals surface area contributed by atoms with E-state index in [0.717, 1.165) is 16.3 Å². The van der Waals surface area contributed by atoms with Gasteiger partial charge in [-0.1, -0.05) is 12.1 Å². The van der Waals surface area contributed by atoms with E-state index in [1.807, 2.05) is 36.6 Å². The molecule has 1 N–H and O–H groups in total. The van der Waals surface area contributed by atoms with Crippen molar-refractivity contribution in [2.45, 2.75) is 20.3 Å². The first-order valence-corrected chi connectivity index (χ1v) is 9.51. The van der Waals surface area contributed by atoms with Gasteiger partial charge in [-0.2, -0.15) is 0 Å². The number of aromatic nitrogens is 1. The van der Waals surface area contributed by atoms with Gasteiger partial charge in [0.25, 0.3) is 0 Å². The van der Waals surface area contributed by atoms with Crippen molar-refractivity contribution >= 4 is 28.7 Å². The van der Waals surface area contributed by atoms with Crippen molar-refractivity contribution in [3.8, 4) is 16.3 Å². The highest BCUT2D eigenvalue weighted by Gasteiger charge is 2.10. The minimum atomic E-state index is -0.167. The number of thiazole rings is 1. The van der Waals surface area contributed by atoms with Gasteiger partial charge >= 0.3 is 0 Å². The number of Topliss-reactive ketones (excluding diaryl/α,β-unsaturated/α-hetero) is 1. The molecule has 3 rings (SSSR count). The van der Waals surface area contributed by atoms with Gasteiger partial charge in [0.1, 0.15) is 10.8 Å². The number of benzene rings is 2. The Hall–Kier alpha value is -2.99. The molecule has 1 amide bonds. The number of carbonyl (C=O) groups excluding carboxylic acids is 2. The zero-order chi connectivity index (χ0) is 19.2. The smallest absolute Gasteiger partial charge is 0.230 e. The van der Waals surface area contributed by atoms with E-state index in [-0.39, 0.29) is 18.1 Å². The minimum Gasteiger partial charge on any atom is -0.494 e. The highest BCUT2D eigenvalue weighted by atomic mass is 32.1. The zero-order valence-corrected chi connectivity index (χ0v) is 16.0. The highest BCUT2D eigenvalue weighted by Crippen LogP contribution is 2.26. The molecular formula is C21H20N2O3S. The fourth-order valence-electron chi connectivity index (χ4n) is 2.57. The Morgan fingerprint density at radius 2 is 1.93 bits per heavy atom. The maximum Gasteiger partial charge on any atom is 0.230 e. The second-order valence-corrected chi connectivity index (χ2v) is 6.82. The number of nitrogens with zero attached hydrogens (tertiary/aromatic N) is 1. The Balaban J connectivity index is 1.64. The number of anilines is 1. The fraction of sp³-hybridized carbons (Fsp3) is 0.190. The van der Waals surface area contributed by atoms with Gasteiger partial charge in [-0.15, -0.1) is 11.3 Å². The van der Waals surface area contributed by atoms with Crippen LogP contribution in [-0.4, -0.2) is 23.3 Å². The lowest BCUT2D eigenvalue weighted by molar-refractivity contribution is -0.115. The summed E-state index contributed by atoms with van der Waals surface area (Å²) in [5.41, 5.74) is 2.88. The van der Waals surface area contributed by atoms with Gasteiger partial charge in [0.05, 0.1) is 18.7 Å². The molecule has 0 atom stereocenters. The molecule has 0 bridgehead atoms. The van der Waals surface area contributed by atoms with E-state index in [9.17, 15) is 9.59 Å². The Labute approximate surface area is 162 Å². The van der Waals surface area contributed by atoms with Crippen LogP contribution in [0.4, 0.5) is 5.69 Å². The second-order valence-electron chi connectivity index (χ2n) is 5.96. The standard InChI is InChI=1S/C21H20N2O3S/c1-3-26-19-9-7-15(8-10-19)21-23-18(13-27-21)12-20(25)22-17-6-4-5-16(11-17)14(2)24/h4-11,13H,3,12H2,1-2H3,(H,22,25). The average molecular weight is 380 g/mol. The van der Waals surface area contributed by atoms with Gasteiger partial charge in [0.2, 0.25) is 5.91 Å². The molecule has 27 heavy (non-hydrogen) atoms. The first-order valence-electron chi connectivity index (χ1n) is 8.63. The molecule has 0 spiro atoms. The van der Waals surface area contributed by atoms with E-state index in [1.54, 1.807) is 24.3 Å². The lowest BCUT2D eigenvalue weighted by atomic mass is 10.1. The zero-order valence-electron chi connectivity index (χ0n) is 15.2. The third-order valence-electron chi connectivity index (χ3n) is 3.86. The molecule has 5 nitrogen and oxygen atoms in total. The predicted molar refractivity (Wildman–Crippen MR) is 107 cm³/mol. The first kappa shape index (κ1) is 18.8. The molecule has 1 aromatic heterocycles. The van der Waals surface area contributed by atoms with Gasteiger partial charge in [-0.25, -0.2) is 4.98 Å². The molecule has 2 aromatic carbocycles. The molecule has 0 radical (unpaired) electrons. The number of hydrogen-bond donors (Lipinski definition) is 1. The van der Waals surface area contributed by atoms with Crippen LogP contribution in [0.1, 0.15) is 29.9 Å². The summed E-state index contributed by atoms with van der Waals surface area (Å²) in [5, 5.41) is 5.56. The van der Waals surface area contributed by atoms with E-state index >= 15 is 0 Å². The van der Waals surface area contributed by atoms with E-state index in [4.69, 9.17) is 4.74 Å². The summed E-state index contributed by atoms with van der Waals surface area (Å²) >= 11 is 1.50. The van der Waals surface area contributed by atoms with E-state index in [1.165, 1.54) is 18.3 Å². The molecule has 0 aliphatic carbocycles. The number of ketones is 1. The van der Waals surface area contributed by atoms with E-state index < -0.39 is 0 Å². The summed E-state index contributed by atoms with van der Waals surface area (Å²) in [7, 11) is 0. The Morgan fingerprint density at radius 3 is 2.63 bits per heavy atom. The van der Waals surface area contributed by atoms with Crippen molar-refractivity contribution in [1.82, 2.24) is 4.98 Å². The van der Waals surface area contributed by atoms with Crippen LogP contribution in [0.3, 0.4) is 0 Å². The summed E-state index contributed by atoms with van der Waals surface area (Å²) < 4.78 is 5.44. The number of carbonyl (C=O) groups is 2. The Bertz CT molecular complexity index is 948. The topological polar surface area (TPSA) is 68.3 Å². The van der Waals surface area contributed by atoms with E-state index in [2.05, 4.69) is 10.3 Å². The maximum absolute atomic E-state index is 12.3. The van der Waals surface area contributed by atoms with Gasteiger partial charge in [-0.05, 0) is 50.2 Å². The molecule has 0 unspecified atom stereocenters. The summed E-state index contributed by atoms with van der Waals surface area (Å²) in [6, 6.07) is 14.6. The van der Waals surface area contributed by atoms with Crippen LogP contribution < -0.4 is 10.1 Å². The Kier molecular flexibility index (Phi) is 5.98. The lowest BCUT2D eigenvalue weighted by Crippen LogP contribution is -2.14. The fourth-order valence-corrected chi connectivity index (χ4v) is 3.39. The number of rotatable bonds is 7. The average Bonchev–Trinajstić information content (AvgIpc) is 3.11. The molecule has 0 aliphatic rings. The number of nitrogens with one attached hydrogen (secondary N) is 1. The largest absolute Gasteiger partial charge is 0.494 e. The number of hydrogen-bond acceptors (Lipinski definition) is 5. The second kappa shape index (κ2) is 8.60. The van der Waals surface area contributed by atoms with Crippen LogP contribution in [0, 0.1) is 0 Å². The molecule has 0 saturated carbocycles. The maximum atomic E-state index is 12.3. The van der Waals surface area contributed by atoms with Crippen molar-refractivity contribution in [2.75, 3.05) is 11.9 Å². The summed E-state index contributed by atoms with van der Waals surface area (Å²) in [6.45, 7) is 4.08. The summed E-state index contributed by atoms with van der Waals surface area (Å²) in [6.07, 6.45) is 0.178. The molecule has 1 heterocycles. The summed E-state index contributed by atoms with van der Waals surface area (Å²) in [5.74, 6) is 0.620. The lowest BCUT2D eigenvalue weighted by Gasteiger charge is -2.05. The van der Waals surface area contributed by atoms with Crippen LogP contribution in [-0.2, 0) is 11.2 Å². The first-order chi connectivity index (χ1) is 13.0. The quantitative estimate of drug-likeness (QED) is 0.609. The minimum absolute atomic E-state index is 0.0365. The van der Waals surface area contributed by atoms with Crippen molar-refractivity contribution in [3.05, 3.63) is 65.2 Å². The van der Waals surface area contributed by atoms with E-state index in [0.29, 0.717) is 23.6 Å². The highest BCUT2D eigenvalue weighted by molar-refractivity contribution is 7.13. The molecule has 3 aromatic rings. The molecule has 0 fully saturated rings. The van der Waals surface area contributed by atoms with Gasteiger partial charge in [0, 0.05) is 22.2 Å². The predicted octanol–water partition coefficient (Wildman–Crippen LogP) is 4.59. The summed E-state index contributed by atoms with van der Waals surface area (Å²) in [4.78, 5) is 28.3. The Morgan fingerprint density at radius 1 is 1.15 bits per heavy atom. The number of ether oxygens (including phenoxy) is 1. The van der Waals surface area contributed by atoms with Crippen molar-refractivity contribution in [1.29, 1.82) is 0 Å². The van der Waals surface area contributed by atoms with Crippen LogP contribution in [0.2, 0.25) is 0 Å². The third kappa shape index (κ3) is 5.01. The molecule has 138 valence electrons. The monoisotopic (exact) mass is 380 g/mol. The van der Waals surface area contributed by atoms with Crippen LogP contribution >= 0.6 is 11.3 Å². The number of amides is 1. The molecular weight excluding hydrogens is 360 g/mol. The van der Waals surface area contributed by atoms with Crippen molar-refractivity contribution < 1.29 is 14.3 Å². The van der Waals surface area contributed by atoms with Crippen molar-refractivity contribution in [2.24, 2.45) is 0 Å². The van der Waals surface area contributed by atoms with Crippen LogP contribution in [0.25, 0.3) is 10.6 Å². The van der Waals surface area contributed by atoms with Crippen LogP contribution in [0.15, 0.2) is 53.9 Å². The van der Waals surface area contributed by atoms with Gasteiger partial charge < -0.3 is 10.1 Å². The third-order valence-corrected chi connectivity index (χ3v) is 4.80. The van der Waals surface area contributed by atoms with Gasteiger partial charge in [-0.3, -0.25) is 9.59 Å². The molecule has 0 aliphatic heterocycles. The normalized spacial score (nSPS) is 10.4. The van der Waals surface area contributed by atoms with Crippen LogP contribution in [0.5, 0.6) is 5.75 Å². The SMILES string of the molecule is CCOc1ccc(-c2nc(CC(=O)Nc3cccc(C(C)=O)c3)cs2)cc1. The molecule has 6 heteroatoms. The molecule has 0 saturated heterocycles. The van der Waals surface area contributed by atoms with Gasteiger partial charge in [0.15, 0.2) is 5.78 Å².